The van der Waals surface area contributed by atoms with E-state index in [4.69, 9.17) is 14.2 Å². The number of nitrogens with zero attached hydrogens (tertiary/aromatic N) is 2. The minimum Gasteiger partial charge on any atom is -0.497 e. The normalized spacial score (nSPS) is 13.7. The lowest BCUT2D eigenvalue weighted by Crippen LogP contribution is -2.50. The standard InChI is InChI=1S/C23H28N2O5/c1-28-19-8-4-17(5-9-19)6-11-22(26)24-12-14-25(15-13-24)23(27)18-7-10-20(29-2)21(16-18)30-3/h4-5,7-10,16H,6,11-15H2,1-3H3. The van der Waals surface area contributed by atoms with Gasteiger partial charge in [0, 0.05) is 38.2 Å². The van der Waals surface area contributed by atoms with Crippen LogP contribution in [0.5, 0.6) is 17.2 Å². The summed E-state index contributed by atoms with van der Waals surface area (Å²) in [6.45, 7) is 2.11. The Labute approximate surface area is 177 Å². The van der Waals surface area contributed by atoms with Crippen molar-refractivity contribution in [3.8, 4) is 17.2 Å². The van der Waals surface area contributed by atoms with E-state index in [1.165, 1.54) is 0 Å². The van der Waals surface area contributed by atoms with Crippen LogP contribution in [0.3, 0.4) is 0 Å². The van der Waals surface area contributed by atoms with Crippen LogP contribution in [0.4, 0.5) is 0 Å². The molecule has 0 saturated carbocycles. The van der Waals surface area contributed by atoms with Crippen LogP contribution < -0.4 is 14.2 Å². The number of carbonyl (C=O) groups excluding carboxylic acids is 2. The van der Waals surface area contributed by atoms with E-state index in [1.807, 2.05) is 29.2 Å². The van der Waals surface area contributed by atoms with Crippen molar-refractivity contribution in [3.63, 3.8) is 0 Å². The van der Waals surface area contributed by atoms with Crippen molar-refractivity contribution < 1.29 is 23.8 Å². The molecule has 0 spiro atoms. The summed E-state index contributed by atoms with van der Waals surface area (Å²) in [5.41, 5.74) is 1.65. The summed E-state index contributed by atoms with van der Waals surface area (Å²) in [6, 6.07) is 12.9. The fraction of sp³-hybridized carbons (Fsp3) is 0.391. The lowest BCUT2D eigenvalue weighted by molar-refractivity contribution is -0.132. The number of methoxy groups -OCH3 is 3. The molecule has 0 aliphatic carbocycles. The maximum Gasteiger partial charge on any atom is 0.254 e. The highest BCUT2D eigenvalue weighted by molar-refractivity contribution is 5.95. The first kappa shape index (κ1) is 21.5. The summed E-state index contributed by atoms with van der Waals surface area (Å²) in [7, 11) is 4.74. The Morgan fingerprint density at radius 1 is 0.800 bits per heavy atom. The van der Waals surface area contributed by atoms with Gasteiger partial charge in [-0.2, -0.15) is 0 Å². The minimum absolute atomic E-state index is 0.0683. The minimum atomic E-state index is -0.0683. The summed E-state index contributed by atoms with van der Waals surface area (Å²) in [4.78, 5) is 29.0. The fourth-order valence-corrected chi connectivity index (χ4v) is 3.51. The zero-order valence-electron chi connectivity index (χ0n) is 17.7. The van der Waals surface area contributed by atoms with Crippen molar-refractivity contribution in [2.45, 2.75) is 12.8 Å². The molecule has 0 atom stereocenters. The molecule has 160 valence electrons. The first-order valence-corrected chi connectivity index (χ1v) is 9.97. The van der Waals surface area contributed by atoms with Crippen LogP contribution in [0, 0.1) is 0 Å². The molecule has 1 saturated heterocycles. The van der Waals surface area contributed by atoms with Gasteiger partial charge in [-0.15, -0.1) is 0 Å². The third-order valence-corrected chi connectivity index (χ3v) is 5.34. The summed E-state index contributed by atoms with van der Waals surface area (Å²) >= 11 is 0. The van der Waals surface area contributed by atoms with Crippen molar-refractivity contribution in [2.24, 2.45) is 0 Å². The predicted octanol–water partition coefficient (Wildman–Crippen LogP) is 2.63. The van der Waals surface area contributed by atoms with Crippen LogP contribution in [0.25, 0.3) is 0 Å². The number of amides is 2. The average Bonchev–Trinajstić information content (AvgIpc) is 2.82. The Balaban J connectivity index is 1.51. The molecule has 3 rings (SSSR count). The predicted molar refractivity (Wildman–Crippen MR) is 113 cm³/mol. The third-order valence-electron chi connectivity index (χ3n) is 5.34. The van der Waals surface area contributed by atoms with Gasteiger partial charge in [-0.1, -0.05) is 12.1 Å². The maximum atomic E-state index is 12.8. The quantitative estimate of drug-likeness (QED) is 0.699. The number of ether oxygens (including phenoxy) is 3. The van der Waals surface area contributed by atoms with E-state index in [2.05, 4.69) is 0 Å². The van der Waals surface area contributed by atoms with Gasteiger partial charge in [-0.25, -0.2) is 0 Å². The fourth-order valence-electron chi connectivity index (χ4n) is 3.51. The Morgan fingerprint density at radius 2 is 1.43 bits per heavy atom. The highest BCUT2D eigenvalue weighted by Gasteiger charge is 2.25. The number of rotatable bonds is 7. The van der Waals surface area contributed by atoms with Gasteiger partial charge >= 0.3 is 0 Å². The highest BCUT2D eigenvalue weighted by Crippen LogP contribution is 2.28. The smallest absolute Gasteiger partial charge is 0.254 e. The SMILES string of the molecule is COc1ccc(CCC(=O)N2CCN(C(=O)c3ccc(OC)c(OC)c3)CC2)cc1. The van der Waals surface area contributed by atoms with Crippen molar-refractivity contribution >= 4 is 11.8 Å². The molecule has 1 aliphatic rings. The molecule has 0 aromatic heterocycles. The lowest BCUT2D eigenvalue weighted by atomic mass is 10.1. The molecule has 1 aliphatic heterocycles. The van der Waals surface area contributed by atoms with E-state index in [0.29, 0.717) is 56.1 Å². The number of aryl methyl sites for hydroxylation is 1. The highest BCUT2D eigenvalue weighted by atomic mass is 16.5. The van der Waals surface area contributed by atoms with Crippen LogP contribution in [0.2, 0.25) is 0 Å². The third kappa shape index (κ3) is 5.03. The zero-order chi connectivity index (χ0) is 21.5. The maximum absolute atomic E-state index is 12.8. The molecule has 2 aromatic rings. The van der Waals surface area contributed by atoms with Gasteiger partial charge in [0.15, 0.2) is 11.5 Å². The summed E-state index contributed by atoms with van der Waals surface area (Å²) in [6.07, 6.45) is 1.14. The molecule has 0 bridgehead atoms. The van der Waals surface area contributed by atoms with Gasteiger partial charge in [0.2, 0.25) is 5.91 Å². The van der Waals surface area contributed by atoms with Gasteiger partial charge in [-0.3, -0.25) is 9.59 Å². The van der Waals surface area contributed by atoms with Crippen LogP contribution in [0.1, 0.15) is 22.3 Å². The number of piperazine rings is 1. The van der Waals surface area contributed by atoms with Gasteiger partial charge in [0.1, 0.15) is 5.75 Å². The molecule has 1 fully saturated rings. The molecule has 1 heterocycles. The number of carbonyl (C=O) groups is 2. The Hall–Kier alpha value is -3.22. The Kier molecular flexibility index (Phi) is 7.17. The van der Waals surface area contributed by atoms with Crippen LogP contribution in [0.15, 0.2) is 42.5 Å². The molecule has 0 N–H and O–H groups in total. The number of hydrogen-bond donors (Lipinski definition) is 0. The van der Waals surface area contributed by atoms with Crippen molar-refractivity contribution in [2.75, 3.05) is 47.5 Å². The van der Waals surface area contributed by atoms with E-state index < -0.39 is 0 Å². The molecule has 0 radical (unpaired) electrons. The molecular weight excluding hydrogens is 384 g/mol. The van der Waals surface area contributed by atoms with Crippen LogP contribution in [-0.2, 0) is 11.2 Å². The molecule has 7 heteroatoms. The largest absolute Gasteiger partial charge is 0.497 e. The lowest BCUT2D eigenvalue weighted by Gasteiger charge is -2.35. The Bertz CT molecular complexity index is 874. The monoisotopic (exact) mass is 412 g/mol. The topological polar surface area (TPSA) is 68.3 Å². The van der Waals surface area contributed by atoms with Gasteiger partial charge in [0.25, 0.3) is 5.91 Å². The molecule has 2 aromatic carbocycles. The number of hydrogen-bond acceptors (Lipinski definition) is 5. The number of benzene rings is 2. The first-order valence-electron chi connectivity index (χ1n) is 9.97. The van der Waals surface area contributed by atoms with Gasteiger partial charge in [-0.05, 0) is 42.3 Å². The zero-order valence-corrected chi connectivity index (χ0v) is 17.7. The van der Waals surface area contributed by atoms with Crippen molar-refractivity contribution in [3.05, 3.63) is 53.6 Å². The molecule has 7 nitrogen and oxygen atoms in total. The van der Waals surface area contributed by atoms with E-state index in [0.717, 1.165) is 11.3 Å². The van der Waals surface area contributed by atoms with E-state index in [1.54, 1.807) is 44.4 Å². The van der Waals surface area contributed by atoms with Crippen LogP contribution in [-0.4, -0.2) is 69.1 Å². The second kappa shape index (κ2) is 10.0. The second-order valence-electron chi connectivity index (χ2n) is 7.09. The molecule has 0 unspecified atom stereocenters. The van der Waals surface area contributed by atoms with Crippen molar-refractivity contribution in [1.29, 1.82) is 0 Å². The summed E-state index contributed by atoms with van der Waals surface area (Å²) < 4.78 is 15.7. The van der Waals surface area contributed by atoms with E-state index in [9.17, 15) is 9.59 Å². The first-order chi connectivity index (χ1) is 14.5. The second-order valence-corrected chi connectivity index (χ2v) is 7.09. The Morgan fingerprint density at radius 3 is 2.03 bits per heavy atom. The van der Waals surface area contributed by atoms with Gasteiger partial charge in [0.05, 0.1) is 21.3 Å². The van der Waals surface area contributed by atoms with Gasteiger partial charge < -0.3 is 24.0 Å². The van der Waals surface area contributed by atoms with Crippen LogP contribution >= 0.6 is 0 Å². The van der Waals surface area contributed by atoms with Crippen molar-refractivity contribution in [1.82, 2.24) is 9.80 Å². The molecule has 2 amide bonds. The molecule has 30 heavy (non-hydrogen) atoms. The van der Waals surface area contributed by atoms with E-state index in [-0.39, 0.29) is 11.8 Å². The average molecular weight is 412 g/mol. The summed E-state index contributed by atoms with van der Waals surface area (Å²) in [5.74, 6) is 1.96. The van der Waals surface area contributed by atoms with E-state index >= 15 is 0 Å². The summed E-state index contributed by atoms with van der Waals surface area (Å²) in [5, 5.41) is 0. The molecular formula is C23H28N2O5.